The summed E-state index contributed by atoms with van der Waals surface area (Å²) in [6.07, 6.45) is 1.37. The molecule has 0 spiro atoms. The third-order valence-corrected chi connectivity index (χ3v) is 8.15. The van der Waals surface area contributed by atoms with E-state index in [1.165, 1.54) is 22.3 Å². The van der Waals surface area contributed by atoms with E-state index in [-0.39, 0.29) is 16.6 Å². The monoisotopic (exact) mass is 498 g/mol. The Hall–Kier alpha value is -1.85. The number of sulfonamides is 1. The van der Waals surface area contributed by atoms with Gasteiger partial charge in [-0.05, 0) is 43.4 Å². The Labute approximate surface area is 198 Å². The van der Waals surface area contributed by atoms with Crippen LogP contribution in [0.3, 0.4) is 0 Å². The summed E-state index contributed by atoms with van der Waals surface area (Å²) >= 11 is 7.12. The van der Waals surface area contributed by atoms with E-state index in [4.69, 9.17) is 16.3 Å². The number of hydrogen-bond acceptors (Lipinski definition) is 7. The summed E-state index contributed by atoms with van der Waals surface area (Å²) in [5, 5.41) is 1.24. The highest BCUT2D eigenvalue weighted by Gasteiger charge is 2.27. The number of benzene rings is 1. The number of nitrogens with zero attached hydrogens (tertiary/aromatic N) is 4. The Kier molecular flexibility index (Phi) is 8.78. The molecule has 2 heterocycles. The van der Waals surface area contributed by atoms with Gasteiger partial charge in [0.15, 0.2) is 0 Å². The molecule has 3 rings (SSSR count). The van der Waals surface area contributed by atoms with E-state index in [2.05, 4.69) is 9.88 Å². The van der Waals surface area contributed by atoms with Crippen LogP contribution in [0.4, 0.5) is 0 Å². The topological polar surface area (TPSA) is 83.1 Å². The van der Waals surface area contributed by atoms with Gasteiger partial charge < -0.3 is 14.5 Å². The number of aromatic nitrogens is 1. The summed E-state index contributed by atoms with van der Waals surface area (Å²) in [4.78, 5) is 20.5. The van der Waals surface area contributed by atoms with Crippen LogP contribution in [0.25, 0.3) is 0 Å². The van der Waals surface area contributed by atoms with Crippen LogP contribution in [0.5, 0.6) is 5.75 Å². The van der Waals surface area contributed by atoms with E-state index in [0.29, 0.717) is 55.1 Å². The molecule has 1 saturated heterocycles. The van der Waals surface area contributed by atoms with Gasteiger partial charge in [-0.1, -0.05) is 23.4 Å². The molecule has 1 amide bonds. The summed E-state index contributed by atoms with van der Waals surface area (Å²) < 4.78 is 32.6. The van der Waals surface area contributed by atoms with Crippen molar-refractivity contribution in [2.75, 3.05) is 59.2 Å². The number of ether oxygens (including phenoxy) is 1. The van der Waals surface area contributed by atoms with E-state index in [1.807, 2.05) is 7.05 Å². The number of rotatable bonds is 9. The SMILES string of the molecule is CN1CCN(S(=O)(=O)c2ccc(SCC(=O)N(C)CCOc3ccc(Cl)cc3)nc2)CC1. The van der Waals surface area contributed by atoms with E-state index < -0.39 is 10.0 Å². The zero-order chi connectivity index (χ0) is 23.1. The van der Waals surface area contributed by atoms with Crippen molar-refractivity contribution in [2.45, 2.75) is 9.92 Å². The Morgan fingerprint density at radius 3 is 2.47 bits per heavy atom. The van der Waals surface area contributed by atoms with E-state index >= 15 is 0 Å². The maximum Gasteiger partial charge on any atom is 0.244 e. The first-order valence-electron chi connectivity index (χ1n) is 10.2. The molecule has 1 aromatic heterocycles. The number of carbonyl (C=O) groups is 1. The minimum absolute atomic E-state index is 0.0642. The highest BCUT2D eigenvalue weighted by atomic mass is 35.5. The van der Waals surface area contributed by atoms with Crippen LogP contribution >= 0.6 is 23.4 Å². The number of hydrogen-bond donors (Lipinski definition) is 0. The van der Waals surface area contributed by atoms with E-state index in [9.17, 15) is 13.2 Å². The van der Waals surface area contributed by atoms with Crippen molar-refractivity contribution in [1.82, 2.24) is 19.1 Å². The Bertz CT molecular complexity index is 995. The standard InChI is InChI=1S/C21H27ClN4O4S2/c1-24-9-11-26(12-10-24)32(28,29)19-7-8-20(23-15-19)31-16-21(27)25(2)13-14-30-18-5-3-17(22)4-6-18/h3-8,15H,9-14,16H2,1-2H3. The minimum atomic E-state index is -3.54. The summed E-state index contributed by atoms with van der Waals surface area (Å²) in [6.45, 7) is 3.17. The van der Waals surface area contributed by atoms with Gasteiger partial charge in [0, 0.05) is 44.4 Å². The lowest BCUT2D eigenvalue weighted by Crippen LogP contribution is -2.47. The fraction of sp³-hybridized carbons (Fsp3) is 0.429. The number of piperazine rings is 1. The van der Waals surface area contributed by atoms with Gasteiger partial charge >= 0.3 is 0 Å². The average molecular weight is 499 g/mol. The Morgan fingerprint density at radius 1 is 1.16 bits per heavy atom. The lowest BCUT2D eigenvalue weighted by molar-refractivity contribution is -0.127. The number of pyridine rings is 1. The molecular formula is C21H27ClN4O4S2. The molecule has 1 aliphatic heterocycles. The zero-order valence-electron chi connectivity index (χ0n) is 18.1. The Morgan fingerprint density at radius 2 is 1.84 bits per heavy atom. The molecule has 174 valence electrons. The molecule has 0 unspecified atom stereocenters. The van der Waals surface area contributed by atoms with Crippen molar-refractivity contribution in [3.8, 4) is 5.75 Å². The quantitative estimate of drug-likeness (QED) is 0.490. The molecule has 0 radical (unpaired) electrons. The number of thioether (sulfide) groups is 1. The van der Waals surface area contributed by atoms with Crippen LogP contribution in [0.15, 0.2) is 52.5 Å². The first-order chi connectivity index (χ1) is 15.3. The van der Waals surface area contributed by atoms with Gasteiger partial charge in [0.2, 0.25) is 15.9 Å². The summed E-state index contributed by atoms with van der Waals surface area (Å²) in [5.41, 5.74) is 0. The highest BCUT2D eigenvalue weighted by molar-refractivity contribution is 7.99. The molecular weight excluding hydrogens is 472 g/mol. The molecule has 32 heavy (non-hydrogen) atoms. The predicted molar refractivity (Wildman–Crippen MR) is 126 cm³/mol. The van der Waals surface area contributed by atoms with Crippen LogP contribution in [0, 0.1) is 0 Å². The second kappa shape index (κ2) is 11.3. The largest absolute Gasteiger partial charge is 0.492 e. The lowest BCUT2D eigenvalue weighted by Gasteiger charge is -2.31. The van der Waals surface area contributed by atoms with Crippen LogP contribution in [0.1, 0.15) is 0 Å². The second-order valence-corrected chi connectivity index (χ2v) is 10.8. The maximum absolute atomic E-state index is 12.8. The molecule has 2 aromatic rings. The van der Waals surface area contributed by atoms with Crippen LogP contribution in [-0.2, 0) is 14.8 Å². The molecule has 0 N–H and O–H groups in total. The van der Waals surface area contributed by atoms with Crippen LogP contribution in [-0.4, -0.2) is 92.6 Å². The summed E-state index contributed by atoms with van der Waals surface area (Å²) in [6, 6.07) is 10.2. The smallest absolute Gasteiger partial charge is 0.244 e. The fourth-order valence-electron chi connectivity index (χ4n) is 2.98. The molecule has 1 aliphatic rings. The van der Waals surface area contributed by atoms with Crippen molar-refractivity contribution in [3.63, 3.8) is 0 Å². The molecule has 8 nitrogen and oxygen atoms in total. The number of carbonyl (C=O) groups excluding carboxylic acids is 1. The molecule has 1 fully saturated rings. The zero-order valence-corrected chi connectivity index (χ0v) is 20.5. The molecule has 0 bridgehead atoms. The van der Waals surface area contributed by atoms with E-state index in [1.54, 1.807) is 48.3 Å². The predicted octanol–water partition coefficient (Wildman–Crippen LogP) is 2.30. The Balaban J connectivity index is 1.44. The van der Waals surface area contributed by atoms with Crippen molar-refractivity contribution in [1.29, 1.82) is 0 Å². The highest BCUT2D eigenvalue weighted by Crippen LogP contribution is 2.21. The van der Waals surface area contributed by atoms with Gasteiger partial charge in [-0.25, -0.2) is 13.4 Å². The fourth-order valence-corrected chi connectivity index (χ4v) is 5.26. The van der Waals surface area contributed by atoms with Gasteiger partial charge in [-0.3, -0.25) is 4.79 Å². The average Bonchev–Trinajstić information content (AvgIpc) is 2.79. The molecule has 11 heteroatoms. The molecule has 0 atom stereocenters. The second-order valence-electron chi connectivity index (χ2n) is 7.45. The first-order valence-corrected chi connectivity index (χ1v) is 13.0. The minimum Gasteiger partial charge on any atom is -0.492 e. The van der Waals surface area contributed by atoms with Crippen molar-refractivity contribution in [2.24, 2.45) is 0 Å². The van der Waals surface area contributed by atoms with E-state index in [0.717, 1.165) is 0 Å². The lowest BCUT2D eigenvalue weighted by atomic mass is 10.3. The molecule has 1 aromatic carbocycles. The third-order valence-electron chi connectivity index (χ3n) is 5.09. The number of halogens is 1. The van der Waals surface area contributed by atoms with Crippen LogP contribution in [0.2, 0.25) is 5.02 Å². The molecule has 0 aliphatic carbocycles. The van der Waals surface area contributed by atoms with Gasteiger partial charge in [-0.15, -0.1) is 0 Å². The van der Waals surface area contributed by atoms with Crippen molar-refractivity contribution >= 4 is 39.3 Å². The third kappa shape index (κ3) is 6.82. The van der Waals surface area contributed by atoms with Gasteiger partial charge in [-0.2, -0.15) is 4.31 Å². The van der Waals surface area contributed by atoms with Gasteiger partial charge in [0.05, 0.1) is 17.3 Å². The number of amides is 1. The van der Waals surface area contributed by atoms with Crippen molar-refractivity contribution in [3.05, 3.63) is 47.6 Å². The van der Waals surface area contributed by atoms with Crippen molar-refractivity contribution < 1.29 is 17.9 Å². The molecule has 0 saturated carbocycles. The maximum atomic E-state index is 12.8. The summed E-state index contributed by atoms with van der Waals surface area (Å²) in [5.74, 6) is 0.834. The normalized spacial score (nSPS) is 15.5. The first kappa shape index (κ1) is 24.8. The van der Waals surface area contributed by atoms with Crippen LogP contribution < -0.4 is 4.74 Å². The summed E-state index contributed by atoms with van der Waals surface area (Å²) in [7, 11) is 0.147. The van der Waals surface area contributed by atoms with Gasteiger partial charge in [0.1, 0.15) is 17.3 Å². The van der Waals surface area contributed by atoms with Gasteiger partial charge in [0.25, 0.3) is 0 Å². The number of likely N-dealkylation sites (N-methyl/N-ethyl adjacent to an activating group) is 2.